The molecular weight excluding hydrogens is 1360 g/mol. The van der Waals surface area contributed by atoms with Gasteiger partial charge in [0.2, 0.25) is 6.10 Å². The molecule has 0 aromatic carbocycles. The standard InChI is InChI=1S/C16H30O2.C15H19NO4.C12H10F12O4.C10H16O4.C9H12F6O2/c1-7-16(5,6)14(17)18-13-10-8-12(9-11-13)15(2,3)4;1-4-14(2,3)12(17)20-11-8-5-9-10(11)15(6-8,7-16)13(18)19-9;1-3-8(2,6(25)27-4(9(13,14)15)10(16,17)18)7(26)28-5(11(19,20)21)12(22,23)24;1-4-10(2,3)9(12)14-7-5-6-13-8(7)11;1-4-7(2,3)6(16)17-5(8(10,11)12)9(13,14)15/h12-13H,7-11H2,1-6H3;8-11H,4-6H2,1-3H3;4-5H,3H2,1-2H3;7H,4-6H2,1-3H3;5H,4H2,1-3H3. The van der Waals surface area contributed by atoms with Gasteiger partial charge in [-0.2, -0.15) is 84.3 Å². The van der Waals surface area contributed by atoms with E-state index in [4.69, 9.17) is 23.7 Å². The number of hydrogen-bond donors (Lipinski definition) is 0. The number of fused-ring (bicyclic) bond motifs is 1. The minimum Gasteiger partial charge on any atom is -0.463 e. The minimum absolute atomic E-state index is 0.0239. The number of carbonyl (C=O) groups is 8. The van der Waals surface area contributed by atoms with Gasteiger partial charge in [0.1, 0.15) is 18.3 Å². The molecule has 2 heterocycles. The van der Waals surface area contributed by atoms with E-state index in [1.807, 2.05) is 48.5 Å². The number of hydrogen-bond acceptors (Lipinski definition) is 17. The van der Waals surface area contributed by atoms with Crippen LogP contribution in [0.2, 0.25) is 0 Å². The van der Waals surface area contributed by atoms with Crippen LogP contribution < -0.4 is 0 Å². The van der Waals surface area contributed by atoms with Gasteiger partial charge in [-0.25, -0.2) is 4.79 Å². The molecular formula is C62H87F18NO16. The Kier molecular flexibility index (Phi) is 29.9. The van der Waals surface area contributed by atoms with Crippen LogP contribution in [0, 0.1) is 67.0 Å². The summed E-state index contributed by atoms with van der Waals surface area (Å²) in [5.74, 6) is -7.76. The lowest BCUT2D eigenvalue weighted by atomic mass is 9.72. The fourth-order valence-corrected chi connectivity index (χ4v) is 9.51. The quantitative estimate of drug-likeness (QED) is 0.0570. The average molecular weight is 1440 g/mol. The molecule has 0 aromatic rings. The Morgan fingerprint density at radius 3 is 1.13 bits per heavy atom. The van der Waals surface area contributed by atoms with Crippen LogP contribution in [0.3, 0.4) is 0 Å². The van der Waals surface area contributed by atoms with E-state index < -0.39 is 125 Å². The molecule has 0 N–H and O–H groups in total. The molecule has 562 valence electrons. The molecule has 35 heteroatoms. The minimum atomic E-state index is -6.23. The van der Waals surface area contributed by atoms with Gasteiger partial charge < -0.3 is 37.9 Å². The van der Waals surface area contributed by atoms with Crippen LogP contribution in [0.1, 0.15) is 195 Å². The lowest BCUT2D eigenvalue weighted by Crippen LogP contribution is -2.52. The molecule has 17 nitrogen and oxygen atoms in total. The number of esters is 8. The van der Waals surface area contributed by atoms with Crippen LogP contribution in [-0.2, 0) is 76.3 Å². The molecule has 3 saturated carbocycles. The van der Waals surface area contributed by atoms with Crippen LogP contribution in [0.25, 0.3) is 0 Å². The molecule has 0 aromatic heterocycles. The molecule has 2 aliphatic heterocycles. The molecule has 5 rings (SSSR count). The fourth-order valence-electron chi connectivity index (χ4n) is 9.51. The van der Waals surface area contributed by atoms with Gasteiger partial charge in [-0.05, 0) is 144 Å². The molecule has 0 radical (unpaired) electrons. The Bertz CT molecular complexity index is 2660. The number of nitriles is 1. The molecule has 97 heavy (non-hydrogen) atoms. The smallest absolute Gasteiger partial charge is 0.434 e. The normalized spacial score (nSPS) is 23.1. The largest absolute Gasteiger partial charge is 0.463 e. The van der Waals surface area contributed by atoms with Crippen molar-refractivity contribution in [2.45, 2.75) is 275 Å². The second-order valence-corrected chi connectivity index (χ2v) is 28.0. The number of carbonyl (C=O) groups excluding carboxylic acids is 8. The summed E-state index contributed by atoms with van der Waals surface area (Å²) in [5.41, 5.74) is -6.81. The van der Waals surface area contributed by atoms with Crippen molar-refractivity contribution in [3.63, 3.8) is 0 Å². The van der Waals surface area contributed by atoms with Gasteiger partial charge in [0.05, 0.1) is 40.3 Å². The Hall–Kier alpha value is -6.01. The maximum atomic E-state index is 12.4. The first-order valence-electron chi connectivity index (χ1n) is 30.9. The van der Waals surface area contributed by atoms with Crippen molar-refractivity contribution in [2.24, 2.45) is 55.7 Å². The molecule has 5 fully saturated rings. The Morgan fingerprint density at radius 1 is 0.485 bits per heavy atom. The van der Waals surface area contributed by atoms with E-state index in [0.29, 0.717) is 51.0 Å². The topological polar surface area (TPSA) is 234 Å². The van der Waals surface area contributed by atoms with E-state index in [1.165, 1.54) is 33.6 Å². The summed E-state index contributed by atoms with van der Waals surface area (Å²) in [6, 6.07) is 2.14. The SMILES string of the molecule is CCC(C)(C(=O)OC(C(F)(F)F)C(F)(F)F)C(=O)OC(C(F)(F)F)C(F)(F)F.CCC(C)(C)C(=O)OC(C(F)(F)F)C(F)(F)F.CCC(C)(C)C(=O)OC1C2CC3OC(=O)C(C#N)(C2)C31.CCC(C)(C)C(=O)OC1CCC(C(C)(C)C)CC1.CCC(C)(C)C(=O)OC1CCOC1=O. The van der Waals surface area contributed by atoms with Crippen LogP contribution in [0.4, 0.5) is 79.0 Å². The highest BCUT2D eigenvalue weighted by atomic mass is 19.4. The van der Waals surface area contributed by atoms with Gasteiger partial charge in [0.25, 0.3) is 18.3 Å². The summed E-state index contributed by atoms with van der Waals surface area (Å²) in [6.07, 6.45) is -43.8. The Morgan fingerprint density at radius 2 is 0.825 bits per heavy atom. The Labute approximate surface area is 550 Å². The lowest BCUT2D eigenvalue weighted by Gasteiger charge is -2.37. The van der Waals surface area contributed by atoms with E-state index in [9.17, 15) is 123 Å². The van der Waals surface area contributed by atoms with Gasteiger partial charge in [-0.3, -0.25) is 33.6 Å². The van der Waals surface area contributed by atoms with E-state index in [2.05, 4.69) is 41.1 Å². The van der Waals surface area contributed by atoms with E-state index in [1.54, 1.807) is 13.8 Å². The van der Waals surface area contributed by atoms with Crippen molar-refractivity contribution < 1.29 is 155 Å². The average Bonchev–Trinajstić information content (AvgIpc) is 1.54. The van der Waals surface area contributed by atoms with E-state index in [0.717, 1.165) is 25.2 Å². The van der Waals surface area contributed by atoms with Crippen molar-refractivity contribution in [3.8, 4) is 6.07 Å². The lowest BCUT2D eigenvalue weighted by molar-refractivity contribution is -0.320. The zero-order chi connectivity index (χ0) is 76.4. The number of halogens is 18. The van der Waals surface area contributed by atoms with Gasteiger partial charge in [-0.15, -0.1) is 0 Å². The third-order valence-corrected chi connectivity index (χ3v) is 18.1. The highest BCUT2D eigenvalue weighted by Crippen LogP contribution is 2.62. The first kappa shape index (κ1) is 89.0. The summed E-state index contributed by atoms with van der Waals surface area (Å²) in [5, 5.41) is 9.40. The number of rotatable bonds is 17. The van der Waals surface area contributed by atoms with Crippen LogP contribution in [0.5, 0.6) is 0 Å². The molecule has 0 amide bonds. The van der Waals surface area contributed by atoms with Crippen LogP contribution >= 0.6 is 0 Å². The van der Waals surface area contributed by atoms with Crippen molar-refractivity contribution in [3.05, 3.63) is 0 Å². The van der Waals surface area contributed by atoms with Crippen molar-refractivity contribution >= 4 is 47.8 Å². The molecule has 3 aliphatic carbocycles. The summed E-state index contributed by atoms with van der Waals surface area (Å²) >= 11 is 0. The maximum Gasteiger partial charge on any atom is 0.434 e. The zero-order valence-corrected chi connectivity index (χ0v) is 56.7. The van der Waals surface area contributed by atoms with Crippen LogP contribution in [-0.4, -0.2) is 134 Å². The monoisotopic (exact) mass is 1440 g/mol. The summed E-state index contributed by atoms with van der Waals surface area (Å²) in [7, 11) is 0. The number of ether oxygens (including phenoxy) is 8. The molecule has 6 atom stereocenters. The van der Waals surface area contributed by atoms with E-state index >= 15 is 0 Å². The molecule has 2 bridgehead atoms. The maximum absolute atomic E-state index is 12.4. The highest BCUT2D eigenvalue weighted by Gasteiger charge is 2.73. The first-order valence-corrected chi connectivity index (χ1v) is 30.9. The number of cyclic esters (lactones) is 1. The number of nitrogens with zero attached hydrogens (tertiary/aromatic N) is 1. The second-order valence-electron chi connectivity index (χ2n) is 28.0. The summed E-state index contributed by atoms with van der Waals surface area (Å²) in [6.45, 7) is 29.2. The summed E-state index contributed by atoms with van der Waals surface area (Å²) < 4.78 is 257. The first-order chi connectivity index (χ1) is 43.4. The predicted octanol–water partition coefficient (Wildman–Crippen LogP) is 15.6. The highest BCUT2D eigenvalue weighted by molar-refractivity contribution is 5.99. The van der Waals surface area contributed by atoms with Crippen molar-refractivity contribution in [1.29, 1.82) is 5.26 Å². The molecule has 2 saturated heterocycles. The van der Waals surface area contributed by atoms with Gasteiger partial charge in [0.15, 0.2) is 10.8 Å². The zero-order valence-electron chi connectivity index (χ0n) is 56.7. The second kappa shape index (κ2) is 32.5. The fraction of sp³-hybridized carbons (Fsp3) is 0.855. The molecule has 6 unspecified atom stereocenters. The Balaban J connectivity index is 0.000000618. The molecule has 5 aliphatic rings. The van der Waals surface area contributed by atoms with Crippen LogP contribution in [0.15, 0.2) is 0 Å². The van der Waals surface area contributed by atoms with Gasteiger partial charge in [0, 0.05) is 12.3 Å². The van der Waals surface area contributed by atoms with Gasteiger partial charge >= 0.3 is 84.8 Å². The molecule has 0 spiro atoms. The predicted molar refractivity (Wildman–Crippen MR) is 301 cm³/mol. The van der Waals surface area contributed by atoms with Crippen molar-refractivity contribution in [2.75, 3.05) is 6.61 Å². The van der Waals surface area contributed by atoms with Gasteiger partial charge in [-0.1, -0.05) is 55.4 Å². The van der Waals surface area contributed by atoms with Crippen molar-refractivity contribution in [1.82, 2.24) is 0 Å². The third kappa shape index (κ3) is 23.8. The summed E-state index contributed by atoms with van der Waals surface area (Å²) in [4.78, 5) is 93.3. The van der Waals surface area contributed by atoms with E-state index in [-0.39, 0.29) is 66.8 Å². The number of alkyl halides is 18. The third-order valence-electron chi connectivity index (χ3n) is 18.1.